The number of aryl methyl sites for hydroxylation is 1. The predicted octanol–water partition coefficient (Wildman–Crippen LogP) is 5.38. The lowest BCUT2D eigenvalue weighted by Gasteiger charge is -2.36. The molecule has 0 aliphatic heterocycles. The molecule has 4 rings (SSSR count). The summed E-state index contributed by atoms with van der Waals surface area (Å²) in [6, 6.07) is 18.8. The third-order valence-electron chi connectivity index (χ3n) is 7.83. The second-order valence-electron chi connectivity index (χ2n) is 12.6. The van der Waals surface area contributed by atoms with Crippen LogP contribution < -0.4 is 15.4 Å². The molecule has 0 radical (unpaired) electrons. The molecule has 0 spiro atoms. The molecule has 1 aliphatic carbocycles. The van der Waals surface area contributed by atoms with Gasteiger partial charge >= 0.3 is 18.0 Å². The second-order valence-corrected chi connectivity index (χ2v) is 12.6. The molecule has 3 N–H and O–H groups in total. The molecule has 3 aromatic carbocycles. The number of rotatable bonds is 11. The van der Waals surface area contributed by atoms with E-state index < -0.39 is 52.8 Å². The van der Waals surface area contributed by atoms with Gasteiger partial charge in [0, 0.05) is 0 Å². The molecular formula is C36H40N2O9. The van der Waals surface area contributed by atoms with Gasteiger partial charge in [-0.2, -0.15) is 0 Å². The Morgan fingerprint density at radius 3 is 2.19 bits per heavy atom. The van der Waals surface area contributed by atoms with Gasteiger partial charge in [-0.25, -0.2) is 9.59 Å². The molecule has 11 nitrogen and oxygen atoms in total. The van der Waals surface area contributed by atoms with Crippen LogP contribution in [0.2, 0.25) is 0 Å². The summed E-state index contributed by atoms with van der Waals surface area (Å²) in [5.41, 5.74) is -0.308. The average molecular weight is 645 g/mol. The SMILES string of the molecule is C[C@H](NC(=O)OC(C)(C)C)C(=O)N[C@@H](C)C(=O)[C@]1(C(=O)O)CCc2cccc(Oc3ccccc3C(=O)OCc3ccccc3)c2C1. The van der Waals surface area contributed by atoms with Gasteiger partial charge in [-0.05, 0) is 88.8 Å². The predicted molar refractivity (Wildman–Crippen MR) is 172 cm³/mol. The minimum Gasteiger partial charge on any atom is -0.480 e. The summed E-state index contributed by atoms with van der Waals surface area (Å²) in [5.74, 6) is -2.76. The molecule has 0 fully saturated rings. The van der Waals surface area contributed by atoms with Crippen LogP contribution in [0.4, 0.5) is 4.79 Å². The zero-order chi connectivity index (χ0) is 34.4. The van der Waals surface area contributed by atoms with E-state index in [9.17, 15) is 29.1 Å². The first-order chi connectivity index (χ1) is 22.2. The van der Waals surface area contributed by atoms with Gasteiger partial charge in [0.25, 0.3) is 0 Å². The van der Waals surface area contributed by atoms with Gasteiger partial charge in [-0.1, -0.05) is 54.6 Å². The number of para-hydroxylation sites is 1. The molecule has 47 heavy (non-hydrogen) atoms. The van der Waals surface area contributed by atoms with E-state index in [1.54, 1.807) is 57.2 Å². The Balaban J connectivity index is 1.52. The second kappa shape index (κ2) is 14.5. The Kier molecular flexibility index (Phi) is 10.7. The van der Waals surface area contributed by atoms with Gasteiger partial charge in [0.2, 0.25) is 5.91 Å². The molecule has 0 unspecified atom stereocenters. The highest BCUT2D eigenvalue weighted by Gasteiger charge is 2.50. The van der Waals surface area contributed by atoms with E-state index in [-0.39, 0.29) is 37.2 Å². The number of fused-ring (bicyclic) bond motifs is 1. The number of aliphatic carboxylic acids is 1. The van der Waals surface area contributed by atoms with E-state index in [1.165, 1.54) is 13.8 Å². The number of carbonyl (C=O) groups excluding carboxylic acids is 4. The van der Waals surface area contributed by atoms with Crippen molar-refractivity contribution >= 4 is 29.7 Å². The number of carbonyl (C=O) groups is 5. The van der Waals surface area contributed by atoms with E-state index in [2.05, 4.69) is 10.6 Å². The van der Waals surface area contributed by atoms with Gasteiger partial charge in [0.05, 0.1) is 6.04 Å². The Labute approximate surface area is 273 Å². The first-order valence-corrected chi connectivity index (χ1v) is 15.4. The number of alkyl carbamates (subject to hydrolysis) is 1. The summed E-state index contributed by atoms with van der Waals surface area (Å²) in [6.07, 6.45) is -0.725. The van der Waals surface area contributed by atoms with Crippen LogP contribution in [-0.4, -0.2) is 52.5 Å². The maximum Gasteiger partial charge on any atom is 0.408 e. The first kappa shape index (κ1) is 34.7. The summed E-state index contributed by atoms with van der Waals surface area (Å²) in [7, 11) is 0. The maximum absolute atomic E-state index is 13.8. The molecule has 0 heterocycles. The highest BCUT2D eigenvalue weighted by Crippen LogP contribution is 2.42. The Morgan fingerprint density at radius 2 is 1.51 bits per heavy atom. The Bertz CT molecular complexity index is 1650. The number of hydrogen-bond donors (Lipinski definition) is 3. The van der Waals surface area contributed by atoms with Crippen molar-refractivity contribution in [3.63, 3.8) is 0 Å². The highest BCUT2D eigenvalue weighted by molar-refractivity contribution is 6.07. The van der Waals surface area contributed by atoms with E-state index in [0.717, 1.165) is 11.1 Å². The van der Waals surface area contributed by atoms with Crippen LogP contribution in [0.3, 0.4) is 0 Å². The van der Waals surface area contributed by atoms with Crippen molar-refractivity contribution < 1.29 is 43.3 Å². The smallest absolute Gasteiger partial charge is 0.408 e. The van der Waals surface area contributed by atoms with Crippen LogP contribution in [0.15, 0.2) is 72.8 Å². The van der Waals surface area contributed by atoms with Gasteiger partial charge in [-0.15, -0.1) is 0 Å². The topological polar surface area (TPSA) is 157 Å². The van der Waals surface area contributed by atoms with Crippen molar-refractivity contribution in [2.75, 3.05) is 0 Å². The molecule has 2 amide bonds. The summed E-state index contributed by atoms with van der Waals surface area (Å²) >= 11 is 0. The minimum absolute atomic E-state index is 0.00589. The molecule has 0 saturated carbocycles. The molecule has 0 aromatic heterocycles. The fourth-order valence-electron chi connectivity index (χ4n) is 5.39. The maximum atomic E-state index is 13.8. The van der Waals surface area contributed by atoms with E-state index in [0.29, 0.717) is 11.3 Å². The Morgan fingerprint density at radius 1 is 0.851 bits per heavy atom. The van der Waals surface area contributed by atoms with Crippen molar-refractivity contribution in [2.45, 2.75) is 78.2 Å². The molecule has 3 aromatic rings. The lowest BCUT2D eigenvalue weighted by Crippen LogP contribution is -2.55. The summed E-state index contributed by atoms with van der Waals surface area (Å²) < 4.78 is 16.9. The third kappa shape index (κ3) is 8.55. The van der Waals surface area contributed by atoms with Crippen LogP contribution in [0.5, 0.6) is 11.5 Å². The zero-order valence-electron chi connectivity index (χ0n) is 27.1. The van der Waals surface area contributed by atoms with E-state index in [1.807, 2.05) is 36.4 Å². The van der Waals surface area contributed by atoms with Crippen molar-refractivity contribution in [3.05, 3.63) is 95.1 Å². The van der Waals surface area contributed by atoms with Crippen molar-refractivity contribution in [2.24, 2.45) is 5.41 Å². The van der Waals surface area contributed by atoms with E-state index in [4.69, 9.17) is 14.2 Å². The number of esters is 1. The number of nitrogens with one attached hydrogen (secondary N) is 2. The number of hydrogen-bond acceptors (Lipinski definition) is 8. The number of carboxylic acids is 1. The van der Waals surface area contributed by atoms with Crippen LogP contribution in [0.25, 0.3) is 0 Å². The van der Waals surface area contributed by atoms with Gasteiger partial charge in [0.1, 0.15) is 40.7 Å². The number of ketones is 1. The quantitative estimate of drug-likeness (QED) is 0.184. The molecule has 1 aliphatic rings. The molecule has 3 atom stereocenters. The van der Waals surface area contributed by atoms with Crippen molar-refractivity contribution in [1.29, 1.82) is 0 Å². The number of Topliss-reactive ketones (excluding diaryl/α,β-unsaturated/α-hetero) is 1. The zero-order valence-corrected chi connectivity index (χ0v) is 27.1. The molecule has 248 valence electrons. The van der Waals surface area contributed by atoms with Crippen LogP contribution in [-0.2, 0) is 43.3 Å². The van der Waals surface area contributed by atoms with Crippen LogP contribution in [0, 0.1) is 5.41 Å². The fourth-order valence-corrected chi connectivity index (χ4v) is 5.39. The normalized spacial score (nSPS) is 16.9. The van der Waals surface area contributed by atoms with Crippen LogP contribution >= 0.6 is 0 Å². The minimum atomic E-state index is -1.87. The lowest BCUT2D eigenvalue weighted by atomic mass is 9.67. The lowest BCUT2D eigenvalue weighted by molar-refractivity contribution is -0.157. The molecule has 11 heteroatoms. The summed E-state index contributed by atoms with van der Waals surface area (Å²) in [5, 5.41) is 15.4. The van der Waals surface area contributed by atoms with Gasteiger partial charge < -0.3 is 30.0 Å². The standard InChI is InChI=1S/C36H40N2O9/c1-22(37-31(40)23(2)38-34(44)47-35(3,4)5)30(39)36(33(42)43)19-18-25-14-11-17-29(27(25)20-36)46-28-16-10-9-15-26(28)32(41)45-21-24-12-7-6-8-13-24/h6-17,22-23H,18-21H2,1-5H3,(H,37,40)(H,38,44)(H,42,43)/t22-,23-,36-/m0/s1. The largest absolute Gasteiger partial charge is 0.480 e. The van der Waals surface area contributed by atoms with Gasteiger partial charge in [-0.3, -0.25) is 14.4 Å². The van der Waals surface area contributed by atoms with Crippen LogP contribution in [0.1, 0.15) is 68.1 Å². The number of benzene rings is 3. The molecule has 0 bridgehead atoms. The van der Waals surface area contributed by atoms with E-state index >= 15 is 0 Å². The van der Waals surface area contributed by atoms with Gasteiger partial charge in [0.15, 0.2) is 5.78 Å². The number of carboxylic acid groups (broad SMARTS) is 1. The number of ether oxygens (including phenoxy) is 3. The first-order valence-electron chi connectivity index (χ1n) is 15.4. The monoisotopic (exact) mass is 644 g/mol. The molecular weight excluding hydrogens is 604 g/mol. The summed E-state index contributed by atoms with van der Waals surface area (Å²) in [6.45, 7) is 7.97. The molecule has 0 saturated heterocycles. The fraction of sp³-hybridized carbons (Fsp3) is 0.361. The van der Waals surface area contributed by atoms with Crippen molar-refractivity contribution in [1.82, 2.24) is 10.6 Å². The Hall–Kier alpha value is -5.19. The third-order valence-corrected chi connectivity index (χ3v) is 7.83. The highest BCUT2D eigenvalue weighted by atomic mass is 16.6. The summed E-state index contributed by atoms with van der Waals surface area (Å²) in [4.78, 5) is 64.7. The number of amides is 2. The average Bonchev–Trinajstić information content (AvgIpc) is 3.02. The van der Waals surface area contributed by atoms with Crippen molar-refractivity contribution in [3.8, 4) is 11.5 Å².